The van der Waals surface area contributed by atoms with Gasteiger partial charge in [-0.05, 0) is 41.2 Å². The standard InChI is InChI=1S/C12H26N2O/c1-9(13-5)6-10(2)14-7-11(3)15-12(4)8-14/h9-13H,6-8H2,1-5H3/t9?,10?,11-,12+. The van der Waals surface area contributed by atoms with Crippen molar-refractivity contribution in [2.45, 2.75) is 58.4 Å². The van der Waals surface area contributed by atoms with Crippen molar-refractivity contribution in [3.63, 3.8) is 0 Å². The highest BCUT2D eigenvalue weighted by Crippen LogP contribution is 2.16. The smallest absolute Gasteiger partial charge is 0.0678 e. The van der Waals surface area contributed by atoms with E-state index in [4.69, 9.17) is 4.74 Å². The van der Waals surface area contributed by atoms with Crippen LogP contribution in [0.3, 0.4) is 0 Å². The van der Waals surface area contributed by atoms with Gasteiger partial charge in [0, 0.05) is 25.2 Å². The van der Waals surface area contributed by atoms with E-state index in [0.717, 1.165) is 13.1 Å². The lowest BCUT2D eigenvalue weighted by Gasteiger charge is -2.39. The zero-order valence-electron chi connectivity index (χ0n) is 10.8. The lowest BCUT2D eigenvalue weighted by Crippen LogP contribution is -2.50. The van der Waals surface area contributed by atoms with E-state index in [9.17, 15) is 0 Å². The van der Waals surface area contributed by atoms with Crippen LogP contribution in [0.25, 0.3) is 0 Å². The third kappa shape index (κ3) is 4.09. The van der Waals surface area contributed by atoms with Gasteiger partial charge in [0.05, 0.1) is 12.2 Å². The molecule has 0 aromatic rings. The molecule has 0 saturated carbocycles. The van der Waals surface area contributed by atoms with Crippen LogP contribution in [0.15, 0.2) is 0 Å². The van der Waals surface area contributed by atoms with E-state index in [0.29, 0.717) is 24.3 Å². The van der Waals surface area contributed by atoms with Gasteiger partial charge in [-0.3, -0.25) is 4.90 Å². The van der Waals surface area contributed by atoms with Crippen LogP contribution in [0.5, 0.6) is 0 Å². The van der Waals surface area contributed by atoms with Crippen LogP contribution in [0.4, 0.5) is 0 Å². The summed E-state index contributed by atoms with van der Waals surface area (Å²) in [5.41, 5.74) is 0. The molecule has 0 aliphatic carbocycles. The van der Waals surface area contributed by atoms with Crippen molar-refractivity contribution in [3.8, 4) is 0 Å². The highest BCUT2D eigenvalue weighted by atomic mass is 16.5. The average Bonchev–Trinajstić information content (AvgIpc) is 2.16. The first-order valence-corrected chi connectivity index (χ1v) is 6.09. The van der Waals surface area contributed by atoms with Gasteiger partial charge in [-0.1, -0.05) is 0 Å². The van der Waals surface area contributed by atoms with Crippen molar-refractivity contribution in [2.24, 2.45) is 0 Å². The zero-order valence-corrected chi connectivity index (χ0v) is 10.8. The Morgan fingerprint density at radius 2 is 1.80 bits per heavy atom. The van der Waals surface area contributed by atoms with Crippen molar-refractivity contribution < 1.29 is 4.74 Å². The van der Waals surface area contributed by atoms with Crippen LogP contribution in [0.1, 0.15) is 34.1 Å². The van der Waals surface area contributed by atoms with E-state index in [1.807, 2.05) is 7.05 Å². The first-order valence-electron chi connectivity index (χ1n) is 6.09. The fourth-order valence-corrected chi connectivity index (χ4v) is 2.36. The van der Waals surface area contributed by atoms with Gasteiger partial charge in [-0.2, -0.15) is 0 Å². The Kier molecular flexibility index (Phi) is 5.03. The largest absolute Gasteiger partial charge is 0.373 e. The lowest BCUT2D eigenvalue weighted by molar-refractivity contribution is -0.0797. The molecule has 0 aromatic carbocycles. The van der Waals surface area contributed by atoms with Gasteiger partial charge >= 0.3 is 0 Å². The Bertz CT molecular complexity index is 176. The summed E-state index contributed by atoms with van der Waals surface area (Å²) in [6.07, 6.45) is 1.96. The van der Waals surface area contributed by atoms with E-state index in [-0.39, 0.29) is 0 Å². The second-order valence-corrected chi connectivity index (χ2v) is 4.99. The van der Waals surface area contributed by atoms with Gasteiger partial charge < -0.3 is 10.1 Å². The first kappa shape index (κ1) is 12.9. The highest BCUT2D eigenvalue weighted by Gasteiger charge is 2.26. The van der Waals surface area contributed by atoms with Crippen LogP contribution in [-0.4, -0.2) is 49.3 Å². The van der Waals surface area contributed by atoms with Gasteiger partial charge in [-0.25, -0.2) is 0 Å². The molecule has 1 N–H and O–H groups in total. The van der Waals surface area contributed by atoms with E-state index in [2.05, 4.69) is 37.9 Å². The third-order valence-electron chi connectivity index (χ3n) is 3.26. The second kappa shape index (κ2) is 5.83. The predicted octanol–water partition coefficient (Wildman–Crippen LogP) is 1.48. The van der Waals surface area contributed by atoms with Crippen molar-refractivity contribution in [1.82, 2.24) is 10.2 Å². The number of rotatable bonds is 4. The van der Waals surface area contributed by atoms with Gasteiger partial charge in [0.25, 0.3) is 0 Å². The van der Waals surface area contributed by atoms with Gasteiger partial charge in [-0.15, -0.1) is 0 Å². The van der Waals surface area contributed by atoms with Gasteiger partial charge in [0.1, 0.15) is 0 Å². The Morgan fingerprint density at radius 3 is 2.27 bits per heavy atom. The van der Waals surface area contributed by atoms with E-state index in [1.165, 1.54) is 6.42 Å². The molecule has 0 bridgehead atoms. The molecule has 0 radical (unpaired) electrons. The minimum Gasteiger partial charge on any atom is -0.373 e. The molecule has 1 fully saturated rings. The monoisotopic (exact) mass is 214 g/mol. The average molecular weight is 214 g/mol. The van der Waals surface area contributed by atoms with Crippen molar-refractivity contribution in [2.75, 3.05) is 20.1 Å². The molecule has 3 nitrogen and oxygen atoms in total. The Balaban J connectivity index is 2.40. The SMILES string of the molecule is CNC(C)CC(C)N1C[C@@H](C)O[C@@H](C)C1. The number of morpholine rings is 1. The maximum atomic E-state index is 5.74. The molecule has 1 rings (SSSR count). The summed E-state index contributed by atoms with van der Waals surface area (Å²) in [5, 5.41) is 3.30. The zero-order chi connectivity index (χ0) is 11.4. The molecule has 3 heteroatoms. The van der Waals surface area contributed by atoms with Crippen LogP contribution in [0.2, 0.25) is 0 Å². The van der Waals surface area contributed by atoms with Crippen LogP contribution in [0, 0.1) is 0 Å². The van der Waals surface area contributed by atoms with Crippen molar-refractivity contribution >= 4 is 0 Å². The van der Waals surface area contributed by atoms with Crippen LogP contribution in [-0.2, 0) is 4.74 Å². The van der Waals surface area contributed by atoms with E-state index >= 15 is 0 Å². The first-order chi connectivity index (χ1) is 7.02. The summed E-state index contributed by atoms with van der Waals surface area (Å²) in [6, 6.07) is 1.23. The molecule has 15 heavy (non-hydrogen) atoms. The summed E-state index contributed by atoms with van der Waals surface area (Å²) < 4.78 is 5.74. The normalized spacial score (nSPS) is 32.6. The van der Waals surface area contributed by atoms with Crippen molar-refractivity contribution in [3.05, 3.63) is 0 Å². The number of ether oxygens (including phenoxy) is 1. The molecule has 1 saturated heterocycles. The molecule has 0 spiro atoms. The molecule has 2 unspecified atom stereocenters. The molecule has 1 heterocycles. The topological polar surface area (TPSA) is 24.5 Å². The Labute approximate surface area is 94.2 Å². The highest BCUT2D eigenvalue weighted by molar-refractivity contribution is 4.79. The predicted molar refractivity (Wildman–Crippen MR) is 64.2 cm³/mol. The number of hydrogen-bond donors (Lipinski definition) is 1. The van der Waals surface area contributed by atoms with Gasteiger partial charge in [0.2, 0.25) is 0 Å². The summed E-state index contributed by atoms with van der Waals surface area (Å²) in [4.78, 5) is 2.55. The fraction of sp³-hybridized carbons (Fsp3) is 1.00. The summed E-state index contributed by atoms with van der Waals surface area (Å²) in [7, 11) is 2.03. The summed E-state index contributed by atoms with van der Waals surface area (Å²) >= 11 is 0. The minimum absolute atomic E-state index is 0.376. The summed E-state index contributed by atoms with van der Waals surface area (Å²) in [5.74, 6) is 0. The number of nitrogens with one attached hydrogen (secondary N) is 1. The van der Waals surface area contributed by atoms with Crippen LogP contribution < -0.4 is 5.32 Å². The molecule has 1 aliphatic heterocycles. The molecule has 0 aromatic heterocycles. The lowest BCUT2D eigenvalue weighted by atomic mass is 10.1. The molecular formula is C12H26N2O. The van der Waals surface area contributed by atoms with Crippen LogP contribution >= 0.6 is 0 Å². The molecule has 90 valence electrons. The number of hydrogen-bond acceptors (Lipinski definition) is 3. The van der Waals surface area contributed by atoms with Crippen molar-refractivity contribution in [1.29, 1.82) is 0 Å². The minimum atomic E-state index is 0.376. The third-order valence-corrected chi connectivity index (χ3v) is 3.26. The van der Waals surface area contributed by atoms with Gasteiger partial charge in [0.15, 0.2) is 0 Å². The quantitative estimate of drug-likeness (QED) is 0.767. The molecule has 4 atom stereocenters. The second-order valence-electron chi connectivity index (χ2n) is 4.99. The Hall–Kier alpha value is -0.120. The van der Waals surface area contributed by atoms with E-state index in [1.54, 1.807) is 0 Å². The molecule has 0 amide bonds. The maximum Gasteiger partial charge on any atom is 0.0678 e. The molecule has 1 aliphatic rings. The summed E-state index contributed by atoms with van der Waals surface area (Å²) in [6.45, 7) is 11.0. The maximum absolute atomic E-state index is 5.74. The number of nitrogens with zero attached hydrogens (tertiary/aromatic N) is 1. The fourth-order valence-electron chi connectivity index (χ4n) is 2.36. The Morgan fingerprint density at radius 1 is 1.27 bits per heavy atom. The molecular weight excluding hydrogens is 188 g/mol. The van der Waals surface area contributed by atoms with E-state index < -0.39 is 0 Å².